The van der Waals surface area contributed by atoms with E-state index in [1.165, 1.54) is 11.0 Å². The van der Waals surface area contributed by atoms with Crippen LogP contribution in [0.1, 0.15) is 49.3 Å². The molecule has 0 aromatic heterocycles. The number of hydrogen-bond donors (Lipinski definition) is 2. The molecule has 4 heterocycles. The first-order valence-corrected chi connectivity index (χ1v) is 14.2. The van der Waals surface area contributed by atoms with Gasteiger partial charge in [-0.1, -0.05) is 6.07 Å². The number of benzene rings is 1. The number of carbonyl (C=O) groups excluding carboxylic acids is 2. The normalized spacial score (nSPS) is 27.1. The number of halogens is 3. The molecule has 2 saturated heterocycles. The predicted molar refractivity (Wildman–Crippen MR) is 128 cm³/mol. The fraction of sp³-hybridized carbons (Fsp3) is 0.600. The summed E-state index contributed by atoms with van der Waals surface area (Å²) in [7, 11) is -2.57. The molecule has 4 aliphatic rings. The van der Waals surface area contributed by atoms with Crippen LogP contribution in [0.4, 0.5) is 13.2 Å². The molecule has 1 spiro atoms. The lowest BCUT2D eigenvalue weighted by Crippen LogP contribution is -2.53. The van der Waals surface area contributed by atoms with Gasteiger partial charge in [0, 0.05) is 56.4 Å². The maximum atomic E-state index is 13.7. The monoisotopic (exact) mass is 528 g/mol. The molecule has 0 aliphatic carbocycles. The zero-order chi connectivity index (χ0) is 25.9. The van der Waals surface area contributed by atoms with Gasteiger partial charge < -0.3 is 9.64 Å². The molecular weight excluding hydrogens is 497 g/mol. The van der Waals surface area contributed by atoms with Gasteiger partial charge in [-0.05, 0) is 49.4 Å². The van der Waals surface area contributed by atoms with Crippen molar-refractivity contribution < 1.29 is 36.6 Å². The highest BCUT2D eigenvalue weighted by Gasteiger charge is 2.52. The van der Waals surface area contributed by atoms with Crippen LogP contribution in [0.2, 0.25) is 0 Å². The number of nitrogens with zero attached hydrogens (tertiary/aromatic N) is 2. The molecular formula is C25H31F3N2O5S. The standard InChI is InChI=1S/C25H31F3N2O5S/c1-16-21(22(31)30-9-6-17-4-5-19(25(26,27)28)13-18(17)14-30)24(35-23(16)32)7-10-29(11-8-24)20-3-2-12-36(33,34)15-20/h4-5,13,20,33-34H,2-3,6-12,14-15H2,1H3. The Bertz CT molecular complexity index is 1110. The number of likely N-dealkylation sites (tertiary alicyclic amines) is 1. The van der Waals surface area contributed by atoms with E-state index in [-0.39, 0.29) is 24.1 Å². The highest BCUT2D eigenvalue weighted by atomic mass is 32.3. The largest absolute Gasteiger partial charge is 0.450 e. The van der Waals surface area contributed by atoms with Crippen LogP contribution >= 0.6 is 10.6 Å². The second kappa shape index (κ2) is 9.04. The smallest absolute Gasteiger partial charge is 0.416 e. The molecule has 5 rings (SSSR count). The van der Waals surface area contributed by atoms with Crippen LogP contribution in [0.15, 0.2) is 29.3 Å². The highest BCUT2D eigenvalue weighted by Crippen LogP contribution is 2.47. The van der Waals surface area contributed by atoms with Crippen molar-refractivity contribution in [3.05, 3.63) is 46.0 Å². The summed E-state index contributed by atoms with van der Waals surface area (Å²) in [6.45, 7) is 3.08. The van der Waals surface area contributed by atoms with Crippen molar-refractivity contribution in [2.45, 2.75) is 63.4 Å². The van der Waals surface area contributed by atoms with Gasteiger partial charge in [0.2, 0.25) is 0 Å². The summed E-state index contributed by atoms with van der Waals surface area (Å²) >= 11 is 0. The quantitative estimate of drug-likeness (QED) is 0.559. The number of rotatable bonds is 2. The molecule has 1 unspecified atom stereocenters. The van der Waals surface area contributed by atoms with Crippen molar-refractivity contribution in [2.24, 2.45) is 0 Å². The first-order chi connectivity index (χ1) is 16.9. The third-order valence-corrected chi connectivity index (χ3v) is 9.92. The van der Waals surface area contributed by atoms with Gasteiger partial charge in [-0.15, -0.1) is 0 Å². The van der Waals surface area contributed by atoms with Crippen molar-refractivity contribution in [3.8, 4) is 0 Å². The molecule has 1 amide bonds. The Morgan fingerprint density at radius 1 is 1.17 bits per heavy atom. The molecule has 4 aliphatic heterocycles. The van der Waals surface area contributed by atoms with Crippen molar-refractivity contribution >= 4 is 22.5 Å². The Morgan fingerprint density at radius 2 is 1.89 bits per heavy atom. The van der Waals surface area contributed by atoms with Crippen LogP contribution in [0.3, 0.4) is 0 Å². The van der Waals surface area contributed by atoms with E-state index in [0.29, 0.717) is 61.5 Å². The third-order valence-electron chi connectivity index (χ3n) is 8.06. The Hall–Kier alpha value is -2.08. The highest BCUT2D eigenvalue weighted by molar-refractivity contribution is 8.24. The van der Waals surface area contributed by atoms with Gasteiger partial charge in [0.15, 0.2) is 0 Å². The van der Waals surface area contributed by atoms with Gasteiger partial charge in [-0.25, -0.2) is 4.79 Å². The molecule has 198 valence electrons. The zero-order valence-corrected chi connectivity index (χ0v) is 21.0. The summed E-state index contributed by atoms with van der Waals surface area (Å²) in [6, 6.07) is 3.70. The van der Waals surface area contributed by atoms with Crippen molar-refractivity contribution in [1.29, 1.82) is 0 Å². The predicted octanol–water partition coefficient (Wildman–Crippen LogP) is 4.21. The first-order valence-electron chi connectivity index (χ1n) is 12.3. The summed E-state index contributed by atoms with van der Waals surface area (Å²) in [6.07, 6.45) is -1.58. The molecule has 0 bridgehead atoms. The van der Waals surface area contributed by atoms with E-state index in [1.54, 1.807) is 6.92 Å². The fourth-order valence-corrected chi connectivity index (χ4v) is 7.87. The number of amides is 1. The van der Waals surface area contributed by atoms with E-state index in [0.717, 1.165) is 30.5 Å². The lowest BCUT2D eigenvalue weighted by molar-refractivity contribution is -0.152. The molecule has 11 heteroatoms. The minimum absolute atomic E-state index is 0.0452. The van der Waals surface area contributed by atoms with E-state index in [2.05, 4.69) is 4.90 Å². The number of ether oxygens (including phenoxy) is 1. The van der Waals surface area contributed by atoms with E-state index in [1.807, 2.05) is 0 Å². The van der Waals surface area contributed by atoms with Crippen molar-refractivity contribution in [1.82, 2.24) is 9.80 Å². The summed E-state index contributed by atoms with van der Waals surface area (Å²) < 4.78 is 65.8. The van der Waals surface area contributed by atoms with Crippen molar-refractivity contribution in [2.75, 3.05) is 31.1 Å². The average Bonchev–Trinajstić information content (AvgIpc) is 3.06. The summed E-state index contributed by atoms with van der Waals surface area (Å²) in [5, 5.41) is 0. The Morgan fingerprint density at radius 3 is 2.56 bits per heavy atom. The van der Waals surface area contributed by atoms with Gasteiger partial charge in [0.1, 0.15) is 5.60 Å². The van der Waals surface area contributed by atoms with Gasteiger partial charge in [-0.2, -0.15) is 23.8 Å². The van der Waals surface area contributed by atoms with Crippen LogP contribution in [0, 0.1) is 0 Å². The second-order valence-electron chi connectivity index (χ2n) is 10.3. The number of fused-ring (bicyclic) bond motifs is 1. The lowest BCUT2D eigenvalue weighted by Gasteiger charge is -2.48. The van der Waals surface area contributed by atoms with E-state index in [9.17, 15) is 31.9 Å². The number of hydrogen-bond acceptors (Lipinski definition) is 6. The van der Waals surface area contributed by atoms with Crippen molar-refractivity contribution in [3.63, 3.8) is 0 Å². The minimum Gasteiger partial charge on any atom is -0.450 e. The van der Waals surface area contributed by atoms with E-state index >= 15 is 0 Å². The molecule has 1 aromatic rings. The van der Waals surface area contributed by atoms with E-state index < -0.39 is 33.9 Å². The van der Waals surface area contributed by atoms with Gasteiger partial charge in [-0.3, -0.25) is 18.8 Å². The maximum absolute atomic E-state index is 13.7. The summed E-state index contributed by atoms with van der Waals surface area (Å²) in [5.74, 6) is -0.117. The van der Waals surface area contributed by atoms with Crippen LogP contribution < -0.4 is 0 Å². The molecule has 36 heavy (non-hydrogen) atoms. The van der Waals surface area contributed by atoms with Gasteiger partial charge in [0.25, 0.3) is 5.91 Å². The number of piperidine rings is 1. The SMILES string of the molecule is CC1=C(C(=O)N2CCc3ccc(C(F)(F)F)cc3C2)C2(CCN(C3CCCS(O)(O)C3)CC2)OC1=O. The number of esters is 1. The molecule has 2 N–H and O–H groups in total. The van der Waals surface area contributed by atoms with Crippen LogP contribution in [0.25, 0.3) is 0 Å². The molecule has 1 aromatic carbocycles. The third kappa shape index (κ3) is 4.66. The molecule has 0 radical (unpaired) electrons. The fourth-order valence-electron chi connectivity index (χ4n) is 6.08. The lowest BCUT2D eigenvalue weighted by atomic mass is 9.81. The Balaban J connectivity index is 1.34. The summed E-state index contributed by atoms with van der Waals surface area (Å²) in [4.78, 5) is 30.1. The Labute approximate surface area is 209 Å². The zero-order valence-electron chi connectivity index (χ0n) is 20.1. The number of alkyl halides is 3. The molecule has 7 nitrogen and oxygen atoms in total. The van der Waals surface area contributed by atoms with Crippen LogP contribution in [-0.4, -0.2) is 73.6 Å². The molecule has 0 saturated carbocycles. The van der Waals surface area contributed by atoms with Crippen LogP contribution in [0.5, 0.6) is 0 Å². The van der Waals surface area contributed by atoms with Gasteiger partial charge in [0.05, 0.1) is 16.9 Å². The average molecular weight is 529 g/mol. The minimum atomic E-state index is -4.46. The number of carbonyl (C=O) groups is 2. The molecule has 1 atom stereocenters. The van der Waals surface area contributed by atoms with E-state index in [4.69, 9.17) is 4.74 Å². The van der Waals surface area contributed by atoms with Crippen LogP contribution in [-0.2, 0) is 33.5 Å². The molecule has 2 fully saturated rings. The maximum Gasteiger partial charge on any atom is 0.416 e. The van der Waals surface area contributed by atoms with Gasteiger partial charge >= 0.3 is 12.1 Å². The second-order valence-corrected chi connectivity index (χ2v) is 12.7. The topological polar surface area (TPSA) is 90.3 Å². The summed E-state index contributed by atoms with van der Waals surface area (Å²) in [5.41, 5.74) is 0.0325. The Kier molecular flexibility index (Phi) is 6.42. The first kappa shape index (κ1) is 25.6.